The van der Waals surface area contributed by atoms with E-state index in [1.807, 2.05) is 18.7 Å². The van der Waals surface area contributed by atoms with Crippen molar-refractivity contribution in [2.24, 2.45) is 7.05 Å². The molecular formula is C14H23N5. The molecule has 5 heteroatoms. The topological polar surface area (TPSA) is 48.1 Å². The van der Waals surface area contributed by atoms with Gasteiger partial charge in [-0.05, 0) is 33.4 Å². The third-order valence-electron chi connectivity index (χ3n) is 3.95. The van der Waals surface area contributed by atoms with Gasteiger partial charge in [0, 0.05) is 26.2 Å². The fourth-order valence-electron chi connectivity index (χ4n) is 2.98. The second-order valence-electron chi connectivity index (χ2n) is 5.39. The first-order chi connectivity index (χ1) is 9.08. The number of hydrogen-bond acceptors (Lipinski definition) is 4. The lowest BCUT2D eigenvalue weighted by Gasteiger charge is -2.32. The minimum Gasteiger partial charge on any atom is -0.351 e. The fourth-order valence-corrected chi connectivity index (χ4v) is 2.98. The molecule has 0 amide bonds. The number of aryl methyl sites for hydroxylation is 2. The van der Waals surface area contributed by atoms with Crippen molar-refractivity contribution in [2.75, 3.05) is 31.6 Å². The van der Waals surface area contributed by atoms with Gasteiger partial charge in [0.1, 0.15) is 17.5 Å². The standard InChI is InChI=1S/C14H23N5/c1-5-12-10-17(3)7-6-8-19(12)14-13(9-15)11(2)16-18(14)4/h12H,5-8,10H2,1-4H3. The Morgan fingerprint density at radius 2 is 2.11 bits per heavy atom. The number of nitriles is 1. The van der Waals surface area contributed by atoms with E-state index in [1.54, 1.807) is 0 Å². The van der Waals surface area contributed by atoms with E-state index in [4.69, 9.17) is 0 Å². The zero-order chi connectivity index (χ0) is 14.0. The molecule has 1 fully saturated rings. The average molecular weight is 261 g/mol. The lowest BCUT2D eigenvalue weighted by molar-refractivity contribution is 0.327. The van der Waals surface area contributed by atoms with Gasteiger partial charge in [0.15, 0.2) is 0 Å². The SMILES string of the molecule is CCC1CN(C)CCCN1c1c(C#N)c(C)nn1C. The Hall–Kier alpha value is -1.54. The van der Waals surface area contributed by atoms with Gasteiger partial charge in [-0.25, -0.2) is 0 Å². The minimum absolute atomic E-state index is 0.453. The third-order valence-corrected chi connectivity index (χ3v) is 3.95. The first kappa shape index (κ1) is 13.9. The normalized spacial score (nSPS) is 21.2. The molecule has 1 atom stereocenters. The fraction of sp³-hybridized carbons (Fsp3) is 0.714. The van der Waals surface area contributed by atoms with Crippen LogP contribution < -0.4 is 4.90 Å². The van der Waals surface area contributed by atoms with Crippen molar-refractivity contribution in [1.29, 1.82) is 5.26 Å². The summed E-state index contributed by atoms with van der Waals surface area (Å²) < 4.78 is 1.86. The van der Waals surface area contributed by atoms with Crippen LogP contribution in [-0.4, -0.2) is 47.4 Å². The number of anilines is 1. The molecule has 0 spiro atoms. The summed E-state index contributed by atoms with van der Waals surface area (Å²) in [4.78, 5) is 4.76. The number of nitrogens with zero attached hydrogens (tertiary/aromatic N) is 5. The summed E-state index contributed by atoms with van der Waals surface area (Å²) >= 11 is 0. The Morgan fingerprint density at radius 3 is 2.74 bits per heavy atom. The molecule has 0 N–H and O–H groups in total. The number of rotatable bonds is 2. The smallest absolute Gasteiger partial charge is 0.145 e. The highest BCUT2D eigenvalue weighted by atomic mass is 15.4. The molecule has 0 bridgehead atoms. The summed E-state index contributed by atoms with van der Waals surface area (Å²) in [6.45, 7) is 7.28. The van der Waals surface area contributed by atoms with Crippen LogP contribution in [0, 0.1) is 18.3 Å². The molecule has 0 saturated carbocycles. The van der Waals surface area contributed by atoms with Crippen LogP contribution >= 0.6 is 0 Å². The van der Waals surface area contributed by atoms with Crippen LogP contribution in [-0.2, 0) is 7.05 Å². The molecule has 0 aliphatic carbocycles. The number of hydrogen-bond donors (Lipinski definition) is 0. The van der Waals surface area contributed by atoms with Crippen molar-refractivity contribution in [2.45, 2.75) is 32.7 Å². The van der Waals surface area contributed by atoms with Gasteiger partial charge in [-0.15, -0.1) is 0 Å². The van der Waals surface area contributed by atoms with Gasteiger partial charge in [-0.1, -0.05) is 6.92 Å². The van der Waals surface area contributed by atoms with Crippen LogP contribution in [0.4, 0.5) is 5.82 Å². The Balaban J connectivity index is 2.41. The van der Waals surface area contributed by atoms with E-state index < -0.39 is 0 Å². The van der Waals surface area contributed by atoms with E-state index in [0.717, 1.165) is 49.6 Å². The predicted molar refractivity (Wildman–Crippen MR) is 76.2 cm³/mol. The van der Waals surface area contributed by atoms with Crippen LogP contribution in [0.15, 0.2) is 0 Å². The van der Waals surface area contributed by atoms with Gasteiger partial charge in [0.05, 0.1) is 5.69 Å². The monoisotopic (exact) mass is 261 g/mol. The van der Waals surface area contributed by atoms with Crippen LogP contribution in [0.5, 0.6) is 0 Å². The van der Waals surface area contributed by atoms with Gasteiger partial charge in [0.2, 0.25) is 0 Å². The van der Waals surface area contributed by atoms with Gasteiger partial charge < -0.3 is 9.80 Å². The first-order valence-electron chi connectivity index (χ1n) is 6.97. The van der Waals surface area contributed by atoms with Crippen molar-refractivity contribution in [3.8, 4) is 6.07 Å². The quantitative estimate of drug-likeness (QED) is 0.810. The molecule has 0 radical (unpaired) electrons. The minimum atomic E-state index is 0.453. The van der Waals surface area contributed by atoms with E-state index in [-0.39, 0.29) is 0 Å². The maximum atomic E-state index is 9.38. The van der Waals surface area contributed by atoms with Gasteiger partial charge in [-0.2, -0.15) is 10.4 Å². The van der Waals surface area contributed by atoms with Gasteiger partial charge >= 0.3 is 0 Å². The lowest BCUT2D eigenvalue weighted by atomic mass is 10.1. The van der Waals surface area contributed by atoms with Crippen LogP contribution in [0.1, 0.15) is 31.0 Å². The highest BCUT2D eigenvalue weighted by Gasteiger charge is 2.27. The second-order valence-corrected chi connectivity index (χ2v) is 5.39. The van der Waals surface area contributed by atoms with Gasteiger partial charge in [-0.3, -0.25) is 4.68 Å². The first-order valence-corrected chi connectivity index (χ1v) is 6.97. The van der Waals surface area contributed by atoms with Crippen molar-refractivity contribution < 1.29 is 0 Å². The summed E-state index contributed by atoms with van der Waals surface area (Å²) in [5, 5.41) is 13.8. The average Bonchev–Trinajstić information content (AvgIpc) is 2.55. The molecule has 1 aromatic heterocycles. The third kappa shape index (κ3) is 2.59. The zero-order valence-corrected chi connectivity index (χ0v) is 12.3. The van der Waals surface area contributed by atoms with Crippen molar-refractivity contribution >= 4 is 5.82 Å². The highest BCUT2D eigenvalue weighted by molar-refractivity contribution is 5.57. The number of likely N-dealkylation sites (N-methyl/N-ethyl adjacent to an activating group) is 1. The number of aromatic nitrogens is 2. The molecule has 1 saturated heterocycles. The summed E-state index contributed by atoms with van der Waals surface area (Å²) in [5.74, 6) is 0.988. The Bertz CT molecular complexity index is 485. The van der Waals surface area contributed by atoms with E-state index >= 15 is 0 Å². The zero-order valence-electron chi connectivity index (χ0n) is 12.3. The predicted octanol–water partition coefficient (Wildman–Crippen LogP) is 1.52. The van der Waals surface area contributed by atoms with Crippen molar-refractivity contribution in [3.05, 3.63) is 11.3 Å². The molecule has 104 valence electrons. The largest absolute Gasteiger partial charge is 0.351 e. The van der Waals surface area contributed by atoms with Crippen LogP contribution in [0.2, 0.25) is 0 Å². The summed E-state index contributed by atoms with van der Waals surface area (Å²) in [7, 11) is 4.11. The molecule has 2 heterocycles. The van der Waals surface area contributed by atoms with E-state index in [1.165, 1.54) is 0 Å². The maximum Gasteiger partial charge on any atom is 0.145 e. The second kappa shape index (κ2) is 5.62. The van der Waals surface area contributed by atoms with E-state index in [0.29, 0.717) is 6.04 Å². The molecule has 1 aliphatic heterocycles. The Morgan fingerprint density at radius 1 is 1.37 bits per heavy atom. The Labute approximate surface area is 115 Å². The molecule has 5 nitrogen and oxygen atoms in total. The van der Waals surface area contributed by atoms with Crippen molar-refractivity contribution in [1.82, 2.24) is 14.7 Å². The molecular weight excluding hydrogens is 238 g/mol. The maximum absolute atomic E-state index is 9.38. The lowest BCUT2D eigenvalue weighted by Crippen LogP contribution is -2.41. The molecule has 1 aliphatic rings. The summed E-state index contributed by atoms with van der Waals surface area (Å²) in [6, 6.07) is 2.77. The molecule has 2 rings (SSSR count). The molecule has 0 aromatic carbocycles. The van der Waals surface area contributed by atoms with E-state index in [2.05, 4.69) is 34.9 Å². The van der Waals surface area contributed by atoms with Crippen LogP contribution in [0.3, 0.4) is 0 Å². The van der Waals surface area contributed by atoms with Gasteiger partial charge in [0.25, 0.3) is 0 Å². The summed E-state index contributed by atoms with van der Waals surface area (Å²) in [5.41, 5.74) is 1.55. The Kier molecular flexibility index (Phi) is 4.11. The highest BCUT2D eigenvalue weighted by Crippen LogP contribution is 2.27. The van der Waals surface area contributed by atoms with E-state index in [9.17, 15) is 5.26 Å². The molecule has 1 unspecified atom stereocenters. The van der Waals surface area contributed by atoms with Crippen molar-refractivity contribution in [3.63, 3.8) is 0 Å². The summed E-state index contributed by atoms with van der Waals surface area (Å²) in [6.07, 6.45) is 2.21. The van der Waals surface area contributed by atoms with Crippen LogP contribution in [0.25, 0.3) is 0 Å². The molecule has 19 heavy (non-hydrogen) atoms. The molecule has 1 aromatic rings.